The molecule has 0 saturated heterocycles. The zero-order chi connectivity index (χ0) is 36.0. The first kappa shape index (κ1) is 35.7. The summed E-state index contributed by atoms with van der Waals surface area (Å²) < 4.78 is 7.54. The molecule has 0 bridgehead atoms. The number of hydrogen-bond acceptors (Lipinski definition) is 5. The summed E-state index contributed by atoms with van der Waals surface area (Å²) in [5, 5.41) is 3.56. The van der Waals surface area contributed by atoms with Crippen molar-refractivity contribution < 1.29 is 19.2 Å². The fourth-order valence-electron chi connectivity index (χ4n) is 6.04. The van der Waals surface area contributed by atoms with E-state index < -0.39 is 29.2 Å². The molecule has 6 rings (SSSR count). The number of para-hydroxylation sites is 1. The van der Waals surface area contributed by atoms with Crippen LogP contribution in [0.3, 0.4) is 0 Å². The number of aromatic nitrogens is 2. The van der Waals surface area contributed by atoms with E-state index in [1.807, 2.05) is 126 Å². The van der Waals surface area contributed by atoms with E-state index >= 15 is 0 Å². The number of aryl methyl sites for hydroxylation is 1. The van der Waals surface area contributed by atoms with Crippen LogP contribution >= 0.6 is 23.2 Å². The Morgan fingerprint density at radius 1 is 0.745 bits per heavy atom. The van der Waals surface area contributed by atoms with Gasteiger partial charge in [-0.15, -0.1) is 0 Å². The Labute approximate surface area is 307 Å². The number of carbonyl (C=O) groups excluding carboxylic acids is 2. The van der Waals surface area contributed by atoms with Gasteiger partial charge in [-0.05, 0) is 68.1 Å². The van der Waals surface area contributed by atoms with Crippen molar-refractivity contribution in [1.82, 2.24) is 20.3 Å². The molecule has 260 valence electrons. The van der Waals surface area contributed by atoms with Crippen LogP contribution in [0.25, 0.3) is 16.7 Å². The average molecular weight is 722 g/mol. The van der Waals surface area contributed by atoms with Gasteiger partial charge in [0.2, 0.25) is 0 Å². The summed E-state index contributed by atoms with van der Waals surface area (Å²) >= 11 is 12.8. The molecule has 0 aliphatic carbocycles. The number of alkyl carbamates (subject to hydrolysis) is 1. The number of fused-ring (bicyclic) bond motifs is 1. The van der Waals surface area contributed by atoms with Crippen LogP contribution in [0.2, 0.25) is 10.0 Å². The Hall–Kier alpha value is -5.15. The van der Waals surface area contributed by atoms with E-state index in [-0.39, 0.29) is 12.8 Å². The smallest absolute Gasteiger partial charge is 0.408 e. The van der Waals surface area contributed by atoms with Crippen LogP contribution in [0.5, 0.6) is 0 Å². The second kappa shape index (κ2) is 15.4. The lowest BCUT2D eigenvalue weighted by molar-refractivity contribution is -0.145. The van der Waals surface area contributed by atoms with Gasteiger partial charge in [0.05, 0.1) is 21.1 Å². The first-order valence-corrected chi connectivity index (χ1v) is 17.4. The van der Waals surface area contributed by atoms with E-state index in [2.05, 4.69) is 10.8 Å². The molecule has 0 aliphatic rings. The standard InChI is InChI=1S/C41H38Cl2N4O4/c1-40(2,3)50-39(49)45-34(24-25-37-44-35-26-32(42)33(43)27-36(35)47(37)31-22-14-7-15-23-31)38(48)46-51-41(28-16-8-4-9-17-28,29-18-10-5-11-19-29)30-20-12-6-13-21-30/h4-23,26-27,34H,24-25H2,1-3H3,(H,45,49)(H,46,48)/t34-/m0/s1. The maximum atomic E-state index is 14.3. The number of ether oxygens (including phenoxy) is 1. The third-order valence-electron chi connectivity index (χ3n) is 8.29. The van der Waals surface area contributed by atoms with E-state index in [0.29, 0.717) is 21.4 Å². The zero-order valence-electron chi connectivity index (χ0n) is 28.5. The molecule has 2 amide bonds. The van der Waals surface area contributed by atoms with Crippen molar-refractivity contribution in [3.05, 3.63) is 166 Å². The highest BCUT2D eigenvalue weighted by molar-refractivity contribution is 6.42. The van der Waals surface area contributed by atoms with Gasteiger partial charge in [-0.1, -0.05) is 132 Å². The van der Waals surface area contributed by atoms with Crippen LogP contribution in [0.4, 0.5) is 4.79 Å². The van der Waals surface area contributed by atoms with Crippen LogP contribution in [-0.4, -0.2) is 33.2 Å². The number of hydroxylamine groups is 1. The molecule has 0 aliphatic heterocycles. The number of nitrogens with one attached hydrogen (secondary N) is 2. The maximum absolute atomic E-state index is 14.3. The molecule has 1 atom stereocenters. The Morgan fingerprint density at radius 2 is 1.24 bits per heavy atom. The molecule has 5 aromatic carbocycles. The number of rotatable bonds is 11. The Balaban J connectivity index is 1.36. The Morgan fingerprint density at radius 3 is 1.75 bits per heavy atom. The molecular formula is C41H38Cl2N4O4. The summed E-state index contributed by atoms with van der Waals surface area (Å²) in [6.45, 7) is 5.28. The predicted octanol–water partition coefficient (Wildman–Crippen LogP) is 9.20. The van der Waals surface area contributed by atoms with Gasteiger partial charge in [0.1, 0.15) is 17.5 Å². The lowest BCUT2D eigenvalue weighted by atomic mass is 9.80. The van der Waals surface area contributed by atoms with Crippen molar-refractivity contribution >= 4 is 46.2 Å². The highest BCUT2D eigenvalue weighted by atomic mass is 35.5. The SMILES string of the molecule is CC(C)(C)OC(=O)N[C@@H](CCc1nc2cc(Cl)c(Cl)cc2n1-c1ccccc1)C(=O)NOC(c1ccccc1)(c1ccccc1)c1ccccc1. The van der Waals surface area contributed by atoms with Crippen molar-refractivity contribution in [2.24, 2.45) is 0 Å². The average Bonchev–Trinajstić information content (AvgIpc) is 3.48. The molecule has 10 heteroatoms. The maximum Gasteiger partial charge on any atom is 0.408 e. The highest BCUT2D eigenvalue weighted by Crippen LogP contribution is 2.40. The van der Waals surface area contributed by atoms with Gasteiger partial charge >= 0.3 is 6.09 Å². The molecule has 8 nitrogen and oxygen atoms in total. The van der Waals surface area contributed by atoms with Crippen LogP contribution in [-0.2, 0) is 26.4 Å². The van der Waals surface area contributed by atoms with Crippen LogP contribution in [0.15, 0.2) is 133 Å². The molecule has 0 saturated carbocycles. The number of imidazole rings is 1. The molecule has 0 spiro atoms. The summed E-state index contributed by atoms with van der Waals surface area (Å²) in [5.74, 6) is 0.0768. The minimum Gasteiger partial charge on any atom is -0.444 e. The van der Waals surface area contributed by atoms with Crippen molar-refractivity contribution in [3.63, 3.8) is 0 Å². The van der Waals surface area contributed by atoms with Gasteiger partial charge in [-0.2, -0.15) is 0 Å². The number of nitrogens with zero attached hydrogens (tertiary/aromatic N) is 2. The number of benzene rings is 5. The fraction of sp³-hybridized carbons (Fsp3) is 0.195. The predicted molar refractivity (Wildman–Crippen MR) is 201 cm³/mol. The summed E-state index contributed by atoms with van der Waals surface area (Å²) in [4.78, 5) is 38.9. The lowest BCUT2D eigenvalue weighted by Crippen LogP contribution is -2.50. The lowest BCUT2D eigenvalue weighted by Gasteiger charge is -2.35. The van der Waals surface area contributed by atoms with Crippen LogP contribution in [0, 0.1) is 0 Å². The van der Waals surface area contributed by atoms with Gasteiger partial charge in [0.15, 0.2) is 5.60 Å². The number of hydrogen-bond donors (Lipinski definition) is 2. The van der Waals surface area contributed by atoms with Gasteiger partial charge in [-0.3, -0.25) is 14.2 Å². The highest BCUT2D eigenvalue weighted by Gasteiger charge is 2.40. The Bertz CT molecular complexity index is 2010. The monoisotopic (exact) mass is 720 g/mol. The van der Waals surface area contributed by atoms with Crippen LogP contribution in [0.1, 0.15) is 49.7 Å². The molecule has 51 heavy (non-hydrogen) atoms. The van der Waals surface area contributed by atoms with E-state index in [9.17, 15) is 9.59 Å². The molecule has 0 radical (unpaired) electrons. The normalized spacial score (nSPS) is 12.3. The topological polar surface area (TPSA) is 94.5 Å². The number of amides is 2. The fourth-order valence-corrected chi connectivity index (χ4v) is 6.36. The first-order valence-electron chi connectivity index (χ1n) is 16.6. The molecule has 1 aromatic heterocycles. The van der Waals surface area contributed by atoms with E-state index in [4.69, 9.17) is 37.8 Å². The quantitative estimate of drug-likeness (QED) is 0.103. The van der Waals surface area contributed by atoms with E-state index in [1.54, 1.807) is 32.9 Å². The summed E-state index contributed by atoms with van der Waals surface area (Å²) in [5.41, 5.74) is 5.38. The summed E-state index contributed by atoms with van der Waals surface area (Å²) in [6, 6.07) is 41.2. The molecule has 1 heterocycles. The van der Waals surface area contributed by atoms with Crippen molar-refractivity contribution in [1.29, 1.82) is 0 Å². The summed E-state index contributed by atoms with van der Waals surface area (Å²) in [6.07, 6.45) is -0.298. The van der Waals surface area contributed by atoms with Gasteiger partial charge in [0.25, 0.3) is 5.91 Å². The summed E-state index contributed by atoms with van der Waals surface area (Å²) in [7, 11) is 0. The third-order valence-corrected chi connectivity index (χ3v) is 9.01. The number of halogens is 2. The minimum absolute atomic E-state index is 0.154. The van der Waals surface area contributed by atoms with Gasteiger partial charge < -0.3 is 10.1 Å². The molecule has 0 unspecified atom stereocenters. The minimum atomic E-state index is -1.23. The largest absolute Gasteiger partial charge is 0.444 e. The van der Waals surface area contributed by atoms with Gasteiger partial charge in [0, 0.05) is 12.1 Å². The van der Waals surface area contributed by atoms with Crippen molar-refractivity contribution in [3.8, 4) is 5.69 Å². The molecule has 2 N–H and O–H groups in total. The Kier molecular flexibility index (Phi) is 10.8. The van der Waals surface area contributed by atoms with E-state index in [1.165, 1.54) is 0 Å². The molecular weight excluding hydrogens is 683 g/mol. The first-order chi connectivity index (χ1) is 24.5. The second-order valence-electron chi connectivity index (χ2n) is 13.0. The van der Waals surface area contributed by atoms with Gasteiger partial charge in [-0.25, -0.2) is 15.3 Å². The van der Waals surface area contributed by atoms with E-state index in [0.717, 1.165) is 27.9 Å². The molecule has 0 fully saturated rings. The second-order valence-corrected chi connectivity index (χ2v) is 13.9. The number of carbonyl (C=O) groups is 2. The van der Waals surface area contributed by atoms with Crippen LogP contribution < -0.4 is 10.8 Å². The van der Waals surface area contributed by atoms with Crippen molar-refractivity contribution in [2.45, 2.75) is 50.9 Å². The van der Waals surface area contributed by atoms with Crippen molar-refractivity contribution in [2.75, 3.05) is 0 Å². The zero-order valence-corrected chi connectivity index (χ0v) is 30.0. The molecule has 6 aromatic rings. The third kappa shape index (κ3) is 8.10.